The van der Waals surface area contributed by atoms with Gasteiger partial charge in [0, 0.05) is 17.6 Å². The maximum atomic E-state index is 13.1. The van der Waals surface area contributed by atoms with Crippen molar-refractivity contribution < 1.29 is 9.21 Å². The van der Waals surface area contributed by atoms with Crippen molar-refractivity contribution in [2.75, 3.05) is 11.1 Å². The molecule has 29 heavy (non-hydrogen) atoms. The van der Waals surface area contributed by atoms with Gasteiger partial charge in [0.25, 0.3) is 5.56 Å². The molecule has 2 aromatic carbocycles. The summed E-state index contributed by atoms with van der Waals surface area (Å²) >= 11 is 1.26. The van der Waals surface area contributed by atoms with E-state index >= 15 is 0 Å². The average molecular weight is 407 g/mol. The zero-order chi connectivity index (χ0) is 20.2. The smallest absolute Gasteiger partial charge is 0.297 e. The molecule has 0 saturated heterocycles. The summed E-state index contributed by atoms with van der Waals surface area (Å²) < 4.78 is 7.40. The van der Waals surface area contributed by atoms with Crippen LogP contribution in [0.4, 0.5) is 5.69 Å². The van der Waals surface area contributed by atoms with Crippen molar-refractivity contribution in [2.24, 2.45) is 0 Å². The van der Waals surface area contributed by atoms with E-state index in [1.807, 2.05) is 54.6 Å². The molecule has 0 aliphatic carbocycles. The van der Waals surface area contributed by atoms with Gasteiger partial charge in [-0.15, -0.1) is 0 Å². The molecule has 0 atom stereocenters. The van der Waals surface area contributed by atoms with E-state index in [1.54, 1.807) is 4.57 Å². The van der Waals surface area contributed by atoms with E-state index in [0.717, 1.165) is 23.9 Å². The number of aromatic nitrogens is 2. The Hall–Kier alpha value is -3.06. The number of nitrogens with one attached hydrogen (secondary N) is 1. The molecule has 4 rings (SSSR count). The minimum Gasteiger partial charge on any atom is -0.448 e. The van der Waals surface area contributed by atoms with Gasteiger partial charge in [-0.3, -0.25) is 14.2 Å². The summed E-state index contributed by atoms with van der Waals surface area (Å²) in [6, 6.07) is 16.8. The third kappa shape index (κ3) is 4.05. The highest BCUT2D eigenvalue weighted by Gasteiger charge is 2.18. The minimum absolute atomic E-state index is 0.144. The van der Waals surface area contributed by atoms with Gasteiger partial charge in [-0.2, -0.15) is 0 Å². The standard InChI is InChI=1S/C22H21N3O3S/c1-2-3-13-25-21(27)20-19(16-11-7-8-12-17(16)28-20)24-22(25)29-14-18(26)23-15-9-5-4-6-10-15/h4-12H,2-3,13-14H2,1H3,(H,23,26). The predicted molar refractivity (Wildman–Crippen MR) is 116 cm³/mol. The molecule has 0 saturated carbocycles. The van der Waals surface area contributed by atoms with Gasteiger partial charge < -0.3 is 9.73 Å². The molecular weight excluding hydrogens is 386 g/mol. The van der Waals surface area contributed by atoms with Gasteiger partial charge in [0.05, 0.1) is 5.75 Å². The van der Waals surface area contributed by atoms with Crippen LogP contribution < -0.4 is 10.9 Å². The average Bonchev–Trinajstić information content (AvgIpc) is 3.11. The summed E-state index contributed by atoms with van der Waals surface area (Å²) in [7, 11) is 0. The molecule has 2 heterocycles. The lowest BCUT2D eigenvalue weighted by molar-refractivity contribution is -0.113. The van der Waals surface area contributed by atoms with Crippen LogP contribution >= 0.6 is 11.8 Å². The predicted octanol–water partition coefficient (Wildman–Crippen LogP) is 4.67. The maximum Gasteiger partial charge on any atom is 0.297 e. The fourth-order valence-corrected chi connectivity index (χ4v) is 3.94. The molecular formula is C22H21N3O3S. The van der Waals surface area contributed by atoms with E-state index in [9.17, 15) is 9.59 Å². The van der Waals surface area contributed by atoms with Crippen molar-refractivity contribution in [2.45, 2.75) is 31.5 Å². The third-order valence-electron chi connectivity index (χ3n) is 4.57. The number of fused-ring (bicyclic) bond motifs is 3. The highest BCUT2D eigenvalue weighted by Crippen LogP contribution is 2.27. The first-order chi connectivity index (χ1) is 14.2. The third-order valence-corrected chi connectivity index (χ3v) is 5.55. The Balaban J connectivity index is 1.66. The number of para-hydroxylation sites is 2. The number of rotatable bonds is 7. The van der Waals surface area contributed by atoms with Crippen LogP contribution in [0, 0.1) is 0 Å². The molecule has 0 spiro atoms. The quantitative estimate of drug-likeness (QED) is 0.356. The molecule has 0 bridgehead atoms. The lowest BCUT2D eigenvalue weighted by Gasteiger charge is -2.11. The van der Waals surface area contributed by atoms with E-state index in [4.69, 9.17) is 9.40 Å². The lowest BCUT2D eigenvalue weighted by Crippen LogP contribution is -2.24. The Labute approximate surface area is 171 Å². The molecule has 4 aromatic rings. The zero-order valence-corrected chi connectivity index (χ0v) is 16.9. The summed E-state index contributed by atoms with van der Waals surface area (Å²) in [5.41, 5.74) is 1.99. The van der Waals surface area contributed by atoms with Crippen LogP contribution in [-0.4, -0.2) is 21.2 Å². The molecule has 0 aliphatic heterocycles. The highest BCUT2D eigenvalue weighted by molar-refractivity contribution is 7.99. The first kappa shape index (κ1) is 19.3. The van der Waals surface area contributed by atoms with E-state index in [-0.39, 0.29) is 22.8 Å². The molecule has 1 amide bonds. The zero-order valence-electron chi connectivity index (χ0n) is 16.1. The summed E-state index contributed by atoms with van der Waals surface area (Å²) in [5.74, 6) is 0.0176. The molecule has 0 fully saturated rings. The van der Waals surface area contributed by atoms with Crippen LogP contribution in [0.15, 0.2) is 69.0 Å². The summed E-state index contributed by atoms with van der Waals surface area (Å²) in [6.45, 7) is 2.61. The van der Waals surface area contributed by atoms with Crippen LogP contribution in [0.25, 0.3) is 22.1 Å². The van der Waals surface area contributed by atoms with E-state index in [1.165, 1.54) is 11.8 Å². The van der Waals surface area contributed by atoms with Crippen LogP contribution in [-0.2, 0) is 11.3 Å². The molecule has 148 valence electrons. The van der Waals surface area contributed by atoms with Crippen LogP contribution in [0.1, 0.15) is 19.8 Å². The molecule has 6 nitrogen and oxygen atoms in total. The van der Waals surface area contributed by atoms with Crippen molar-refractivity contribution in [3.8, 4) is 0 Å². The number of unbranched alkanes of at least 4 members (excludes halogenated alkanes) is 1. The molecule has 0 unspecified atom stereocenters. The van der Waals surface area contributed by atoms with Gasteiger partial charge in [0.2, 0.25) is 11.5 Å². The number of furan rings is 1. The summed E-state index contributed by atoms with van der Waals surface area (Å²) in [6.07, 6.45) is 1.79. The van der Waals surface area contributed by atoms with Gasteiger partial charge >= 0.3 is 0 Å². The van der Waals surface area contributed by atoms with Crippen LogP contribution in [0.5, 0.6) is 0 Å². The molecule has 7 heteroatoms. The van der Waals surface area contributed by atoms with Gasteiger partial charge in [-0.25, -0.2) is 4.98 Å². The maximum absolute atomic E-state index is 13.1. The number of nitrogens with zero attached hydrogens (tertiary/aromatic N) is 2. The molecule has 0 aliphatic rings. The lowest BCUT2D eigenvalue weighted by atomic mass is 10.2. The Kier molecular flexibility index (Phi) is 5.67. The number of carbonyl (C=O) groups is 1. The van der Waals surface area contributed by atoms with Crippen molar-refractivity contribution >= 4 is 45.4 Å². The summed E-state index contributed by atoms with van der Waals surface area (Å²) in [4.78, 5) is 30.1. The second kappa shape index (κ2) is 8.53. The summed E-state index contributed by atoms with van der Waals surface area (Å²) in [5, 5.41) is 4.19. The van der Waals surface area contributed by atoms with Crippen molar-refractivity contribution in [1.29, 1.82) is 0 Å². The number of benzene rings is 2. The first-order valence-electron chi connectivity index (χ1n) is 9.57. The normalized spacial score (nSPS) is 11.2. The second-order valence-electron chi connectivity index (χ2n) is 6.68. The Morgan fingerprint density at radius 2 is 1.90 bits per heavy atom. The largest absolute Gasteiger partial charge is 0.448 e. The van der Waals surface area contributed by atoms with Crippen molar-refractivity contribution in [3.63, 3.8) is 0 Å². The number of hydrogen-bond acceptors (Lipinski definition) is 5. The fraction of sp³-hybridized carbons (Fsp3) is 0.227. The van der Waals surface area contributed by atoms with E-state index in [2.05, 4.69) is 12.2 Å². The molecule has 0 radical (unpaired) electrons. The first-order valence-corrected chi connectivity index (χ1v) is 10.6. The van der Waals surface area contributed by atoms with Crippen molar-refractivity contribution in [3.05, 3.63) is 65.0 Å². The van der Waals surface area contributed by atoms with Crippen LogP contribution in [0.2, 0.25) is 0 Å². The molecule has 1 N–H and O–H groups in total. The Morgan fingerprint density at radius 1 is 1.14 bits per heavy atom. The number of anilines is 1. The second-order valence-corrected chi connectivity index (χ2v) is 7.63. The fourth-order valence-electron chi connectivity index (χ4n) is 3.13. The SMILES string of the molecule is CCCCn1c(SCC(=O)Nc2ccccc2)nc2c(oc3ccccc32)c1=O. The Bertz CT molecular complexity index is 1210. The number of amides is 1. The van der Waals surface area contributed by atoms with E-state index < -0.39 is 0 Å². The van der Waals surface area contributed by atoms with Crippen molar-refractivity contribution in [1.82, 2.24) is 9.55 Å². The monoisotopic (exact) mass is 407 g/mol. The van der Waals surface area contributed by atoms with E-state index in [0.29, 0.717) is 22.8 Å². The Morgan fingerprint density at radius 3 is 2.69 bits per heavy atom. The highest BCUT2D eigenvalue weighted by atomic mass is 32.2. The molecule has 2 aromatic heterocycles. The minimum atomic E-state index is -0.203. The van der Waals surface area contributed by atoms with Crippen LogP contribution in [0.3, 0.4) is 0 Å². The topological polar surface area (TPSA) is 77.1 Å². The number of thioether (sulfide) groups is 1. The van der Waals surface area contributed by atoms with Gasteiger partial charge in [0.1, 0.15) is 11.1 Å². The van der Waals surface area contributed by atoms with Gasteiger partial charge in [-0.05, 0) is 30.7 Å². The van der Waals surface area contributed by atoms with Gasteiger partial charge in [-0.1, -0.05) is 55.4 Å². The van der Waals surface area contributed by atoms with Gasteiger partial charge in [0.15, 0.2) is 5.16 Å². The number of carbonyl (C=O) groups excluding carboxylic acids is 1. The number of hydrogen-bond donors (Lipinski definition) is 1.